The number of nitrogen functional groups attached to an aromatic ring is 1. The first-order valence-electron chi connectivity index (χ1n) is 7.54. The number of rotatable bonds is 3. The van der Waals surface area contributed by atoms with Crippen LogP contribution >= 0.6 is 0 Å². The van der Waals surface area contributed by atoms with Crippen LogP contribution in [0.4, 0.5) is 11.8 Å². The van der Waals surface area contributed by atoms with Gasteiger partial charge in [0, 0.05) is 49.7 Å². The number of hydrogen-bond acceptors (Lipinski definition) is 5. The van der Waals surface area contributed by atoms with Crippen LogP contribution in [0, 0.1) is 6.92 Å². The van der Waals surface area contributed by atoms with Crippen molar-refractivity contribution in [2.75, 3.05) is 23.7 Å². The number of imidazole rings is 1. The first kappa shape index (κ1) is 13.9. The Morgan fingerprint density at radius 1 is 1.29 bits per heavy atom. The molecule has 2 aromatic rings. The monoisotopic (exact) mass is 286 g/mol. The van der Waals surface area contributed by atoms with Gasteiger partial charge in [-0.3, -0.25) is 0 Å². The largest absolute Gasteiger partial charge is 0.368 e. The molecule has 2 N–H and O–H groups in total. The van der Waals surface area contributed by atoms with Gasteiger partial charge in [-0.2, -0.15) is 4.98 Å². The lowest BCUT2D eigenvalue weighted by Crippen LogP contribution is -2.34. The first-order valence-corrected chi connectivity index (χ1v) is 7.54. The predicted molar refractivity (Wildman–Crippen MR) is 83.3 cm³/mol. The normalized spacial score (nSPS) is 16.4. The van der Waals surface area contributed by atoms with E-state index in [1.165, 1.54) is 5.82 Å². The molecule has 0 bridgehead atoms. The molecule has 1 saturated heterocycles. The molecule has 1 aliphatic rings. The Labute approximate surface area is 125 Å². The Hall–Kier alpha value is -2.11. The van der Waals surface area contributed by atoms with Crippen molar-refractivity contribution in [1.29, 1.82) is 0 Å². The van der Waals surface area contributed by atoms with Crippen molar-refractivity contribution < 1.29 is 0 Å². The molecular weight excluding hydrogens is 264 g/mol. The third-order valence-corrected chi connectivity index (χ3v) is 4.13. The lowest BCUT2D eigenvalue weighted by Gasteiger charge is -2.32. The molecule has 0 unspecified atom stereocenters. The molecule has 21 heavy (non-hydrogen) atoms. The van der Waals surface area contributed by atoms with Gasteiger partial charge in [0.2, 0.25) is 5.95 Å². The average molecular weight is 286 g/mol. The Balaban J connectivity index is 1.70. The van der Waals surface area contributed by atoms with Gasteiger partial charge in [0.1, 0.15) is 11.6 Å². The van der Waals surface area contributed by atoms with Crippen LogP contribution in [-0.4, -0.2) is 32.6 Å². The molecule has 2 aromatic heterocycles. The van der Waals surface area contributed by atoms with Gasteiger partial charge in [0.15, 0.2) is 0 Å². The van der Waals surface area contributed by atoms with E-state index in [1.54, 1.807) is 0 Å². The number of hydrogen-bond donors (Lipinski definition) is 1. The molecule has 0 amide bonds. The molecule has 1 aliphatic heterocycles. The van der Waals surface area contributed by atoms with Crippen LogP contribution in [0.2, 0.25) is 0 Å². The van der Waals surface area contributed by atoms with Crippen LogP contribution in [-0.2, 0) is 6.54 Å². The molecule has 1 fully saturated rings. The molecule has 3 rings (SSSR count). The van der Waals surface area contributed by atoms with Crippen LogP contribution in [0.15, 0.2) is 18.5 Å². The van der Waals surface area contributed by atoms with Crippen molar-refractivity contribution in [2.24, 2.45) is 0 Å². The van der Waals surface area contributed by atoms with E-state index in [2.05, 4.69) is 37.5 Å². The summed E-state index contributed by atoms with van der Waals surface area (Å²) in [5.41, 5.74) is 6.66. The summed E-state index contributed by atoms with van der Waals surface area (Å²) in [7, 11) is 0. The second-order valence-corrected chi connectivity index (χ2v) is 5.56. The number of nitrogens with two attached hydrogens (primary N) is 1. The first-order chi connectivity index (χ1) is 10.2. The summed E-state index contributed by atoms with van der Waals surface area (Å²) >= 11 is 0. The second kappa shape index (κ2) is 5.71. The van der Waals surface area contributed by atoms with Crippen molar-refractivity contribution >= 4 is 11.8 Å². The van der Waals surface area contributed by atoms with Gasteiger partial charge in [0.05, 0.1) is 0 Å². The van der Waals surface area contributed by atoms with Gasteiger partial charge < -0.3 is 15.2 Å². The number of piperidine rings is 1. The molecule has 0 aliphatic carbocycles. The fourth-order valence-corrected chi connectivity index (χ4v) is 3.05. The maximum absolute atomic E-state index is 5.75. The fraction of sp³-hybridized carbons (Fsp3) is 0.533. The molecule has 0 saturated carbocycles. The van der Waals surface area contributed by atoms with Gasteiger partial charge in [-0.15, -0.1) is 0 Å². The summed E-state index contributed by atoms with van der Waals surface area (Å²) in [5, 5.41) is 0. The van der Waals surface area contributed by atoms with Gasteiger partial charge in [-0.25, -0.2) is 9.97 Å². The highest BCUT2D eigenvalue weighted by Gasteiger charge is 2.24. The van der Waals surface area contributed by atoms with E-state index in [4.69, 9.17) is 5.73 Å². The number of aromatic nitrogens is 4. The van der Waals surface area contributed by atoms with Gasteiger partial charge >= 0.3 is 0 Å². The van der Waals surface area contributed by atoms with Gasteiger partial charge in [-0.1, -0.05) is 0 Å². The lowest BCUT2D eigenvalue weighted by atomic mass is 9.96. The molecule has 0 aromatic carbocycles. The molecule has 3 heterocycles. The zero-order valence-corrected chi connectivity index (χ0v) is 12.7. The van der Waals surface area contributed by atoms with E-state index in [9.17, 15) is 0 Å². The number of aryl methyl sites for hydroxylation is 2. The van der Waals surface area contributed by atoms with Crippen molar-refractivity contribution in [3.63, 3.8) is 0 Å². The molecular formula is C15H22N6. The zero-order valence-electron chi connectivity index (χ0n) is 12.7. The van der Waals surface area contributed by atoms with Crippen molar-refractivity contribution in [1.82, 2.24) is 19.5 Å². The third-order valence-electron chi connectivity index (χ3n) is 4.13. The predicted octanol–water partition coefficient (Wildman–Crippen LogP) is 1.97. The summed E-state index contributed by atoms with van der Waals surface area (Å²) in [6.07, 6.45) is 6.16. The minimum Gasteiger partial charge on any atom is -0.368 e. The summed E-state index contributed by atoms with van der Waals surface area (Å²) < 4.78 is 2.24. The maximum Gasteiger partial charge on any atom is 0.222 e. The third kappa shape index (κ3) is 2.84. The number of anilines is 2. The van der Waals surface area contributed by atoms with Crippen molar-refractivity contribution in [3.8, 4) is 0 Å². The van der Waals surface area contributed by atoms with Crippen LogP contribution in [0.25, 0.3) is 0 Å². The van der Waals surface area contributed by atoms with E-state index >= 15 is 0 Å². The second-order valence-electron chi connectivity index (χ2n) is 5.56. The van der Waals surface area contributed by atoms with Crippen molar-refractivity contribution in [3.05, 3.63) is 30.0 Å². The standard InChI is InChI=1S/C15H22N6/c1-3-20-9-6-17-14(20)12-4-7-21(8-5-12)13-10-11(2)18-15(16)19-13/h6,9-10,12H,3-5,7-8H2,1-2H3,(H2,16,18,19). The summed E-state index contributed by atoms with van der Waals surface area (Å²) in [5.74, 6) is 3.05. The fourth-order valence-electron chi connectivity index (χ4n) is 3.05. The maximum atomic E-state index is 5.75. The van der Waals surface area contributed by atoms with E-state index in [0.29, 0.717) is 11.9 Å². The Kier molecular flexibility index (Phi) is 3.77. The zero-order chi connectivity index (χ0) is 14.8. The van der Waals surface area contributed by atoms with Crippen LogP contribution < -0.4 is 10.6 Å². The van der Waals surface area contributed by atoms with Crippen LogP contribution in [0.1, 0.15) is 37.2 Å². The molecule has 6 nitrogen and oxygen atoms in total. The molecule has 0 radical (unpaired) electrons. The highest BCUT2D eigenvalue weighted by Crippen LogP contribution is 2.29. The lowest BCUT2D eigenvalue weighted by molar-refractivity contribution is 0.466. The summed E-state index contributed by atoms with van der Waals surface area (Å²) in [4.78, 5) is 15.3. The Morgan fingerprint density at radius 2 is 2.05 bits per heavy atom. The molecule has 0 atom stereocenters. The molecule has 6 heteroatoms. The van der Waals surface area contributed by atoms with Crippen molar-refractivity contribution in [2.45, 2.75) is 39.2 Å². The van der Waals surface area contributed by atoms with E-state index in [0.717, 1.165) is 44.0 Å². The van der Waals surface area contributed by atoms with E-state index < -0.39 is 0 Å². The van der Waals surface area contributed by atoms with Gasteiger partial charge in [-0.05, 0) is 26.7 Å². The van der Waals surface area contributed by atoms with Gasteiger partial charge in [0.25, 0.3) is 0 Å². The van der Waals surface area contributed by atoms with Crippen LogP contribution in [0.5, 0.6) is 0 Å². The summed E-state index contributed by atoms with van der Waals surface area (Å²) in [6, 6.07) is 2.00. The van der Waals surface area contributed by atoms with Crippen LogP contribution in [0.3, 0.4) is 0 Å². The molecule has 0 spiro atoms. The SMILES string of the molecule is CCn1ccnc1C1CCN(c2cc(C)nc(N)n2)CC1. The quantitative estimate of drug-likeness (QED) is 0.934. The topological polar surface area (TPSA) is 72.9 Å². The minimum atomic E-state index is 0.355. The van der Waals surface area contributed by atoms with E-state index in [-0.39, 0.29) is 0 Å². The molecule has 112 valence electrons. The van der Waals surface area contributed by atoms with E-state index in [1.807, 2.05) is 19.2 Å². The number of nitrogens with zero attached hydrogens (tertiary/aromatic N) is 5. The minimum absolute atomic E-state index is 0.355. The highest BCUT2D eigenvalue weighted by molar-refractivity contribution is 5.43. The Morgan fingerprint density at radius 3 is 2.71 bits per heavy atom. The average Bonchev–Trinajstić information content (AvgIpc) is 2.95. The Bertz CT molecular complexity index is 592. The smallest absolute Gasteiger partial charge is 0.222 e. The highest BCUT2D eigenvalue weighted by atomic mass is 15.2. The summed E-state index contributed by atoms with van der Waals surface area (Å²) in [6.45, 7) is 7.06.